The summed E-state index contributed by atoms with van der Waals surface area (Å²) in [6, 6.07) is 9.16. The molecule has 2 unspecified atom stereocenters. The van der Waals surface area contributed by atoms with Crippen LogP contribution in [0.25, 0.3) is 0 Å². The highest BCUT2D eigenvalue weighted by molar-refractivity contribution is 5.28. The van der Waals surface area contributed by atoms with Crippen molar-refractivity contribution in [1.29, 1.82) is 0 Å². The van der Waals surface area contributed by atoms with Crippen LogP contribution in [-0.2, 0) is 6.54 Å². The SMILES string of the molecule is CCCNC1CCN(Cc2cccc(OC)c2)CC1CC. The molecule has 0 aromatic heterocycles. The average molecular weight is 290 g/mol. The van der Waals surface area contributed by atoms with Crippen LogP contribution in [0.15, 0.2) is 24.3 Å². The monoisotopic (exact) mass is 290 g/mol. The van der Waals surface area contributed by atoms with Crippen molar-refractivity contribution in [2.24, 2.45) is 5.92 Å². The van der Waals surface area contributed by atoms with E-state index in [1.807, 2.05) is 6.07 Å². The fraction of sp³-hybridized carbons (Fsp3) is 0.667. The van der Waals surface area contributed by atoms with E-state index in [4.69, 9.17) is 4.74 Å². The first kappa shape index (κ1) is 16.3. The summed E-state index contributed by atoms with van der Waals surface area (Å²) in [7, 11) is 1.73. The second kappa shape index (κ2) is 8.40. The van der Waals surface area contributed by atoms with Gasteiger partial charge in [-0.1, -0.05) is 32.4 Å². The summed E-state index contributed by atoms with van der Waals surface area (Å²) in [5.74, 6) is 1.73. The van der Waals surface area contributed by atoms with E-state index in [1.54, 1.807) is 7.11 Å². The van der Waals surface area contributed by atoms with Crippen LogP contribution in [0.3, 0.4) is 0 Å². The number of hydrogen-bond donors (Lipinski definition) is 1. The average Bonchev–Trinajstić information content (AvgIpc) is 2.53. The van der Waals surface area contributed by atoms with Crippen LogP contribution < -0.4 is 10.1 Å². The van der Waals surface area contributed by atoms with Crippen LogP contribution >= 0.6 is 0 Å². The standard InChI is InChI=1S/C18H30N2O/c1-4-10-19-18-9-11-20(14-16(18)5-2)13-15-7-6-8-17(12-15)21-3/h6-8,12,16,18-19H,4-5,9-11,13-14H2,1-3H3. The number of methoxy groups -OCH3 is 1. The van der Waals surface area contributed by atoms with Gasteiger partial charge in [-0.05, 0) is 49.5 Å². The van der Waals surface area contributed by atoms with Crippen molar-refractivity contribution >= 4 is 0 Å². The van der Waals surface area contributed by atoms with Gasteiger partial charge < -0.3 is 10.1 Å². The molecule has 1 aliphatic rings. The van der Waals surface area contributed by atoms with Crippen LogP contribution in [0.1, 0.15) is 38.7 Å². The Hall–Kier alpha value is -1.06. The van der Waals surface area contributed by atoms with Crippen LogP contribution in [0, 0.1) is 5.92 Å². The molecule has 1 N–H and O–H groups in total. The van der Waals surface area contributed by atoms with Gasteiger partial charge in [-0.3, -0.25) is 4.90 Å². The first-order valence-electron chi connectivity index (χ1n) is 8.35. The lowest BCUT2D eigenvalue weighted by Crippen LogP contribution is -2.49. The number of rotatable bonds is 7. The normalized spacial score (nSPS) is 23.2. The maximum Gasteiger partial charge on any atom is 0.119 e. The van der Waals surface area contributed by atoms with E-state index in [-0.39, 0.29) is 0 Å². The second-order valence-corrected chi connectivity index (χ2v) is 6.10. The van der Waals surface area contributed by atoms with E-state index in [2.05, 4.69) is 42.3 Å². The maximum absolute atomic E-state index is 5.32. The zero-order valence-corrected chi connectivity index (χ0v) is 13.8. The Morgan fingerprint density at radius 2 is 2.19 bits per heavy atom. The Kier molecular flexibility index (Phi) is 6.52. The quantitative estimate of drug-likeness (QED) is 0.834. The van der Waals surface area contributed by atoms with E-state index in [1.165, 1.54) is 37.9 Å². The lowest BCUT2D eigenvalue weighted by Gasteiger charge is -2.39. The number of nitrogens with one attached hydrogen (secondary N) is 1. The van der Waals surface area contributed by atoms with Crippen molar-refractivity contribution in [2.75, 3.05) is 26.7 Å². The molecule has 21 heavy (non-hydrogen) atoms. The smallest absolute Gasteiger partial charge is 0.119 e. The molecule has 2 atom stereocenters. The van der Waals surface area contributed by atoms with Crippen LogP contribution in [0.4, 0.5) is 0 Å². The molecule has 1 saturated heterocycles. The van der Waals surface area contributed by atoms with Crippen molar-refractivity contribution in [3.63, 3.8) is 0 Å². The zero-order chi connectivity index (χ0) is 15.1. The molecule has 0 saturated carbocycles. The minimum Gasteiger partial charge on any atom is -0.497 e. The third-order valence-corrected chi connectivity index (χ3v) is 4.54. The molecule has 0 spiro atoms. The summed E-state index contributed by atoms with van der Waals surface area (Å²) < 4.78 is 5.32. The van der Waals surface area contributed by atoms with Gasteiger partial charge in [0.05, 0.1) is 7.11 Å². The molecular weight excluding hydrogens is 260 g/mol. The molecule has 3 heteroatoms. The third kappa shape index (κ3) is 4.72. The number of benzene rings is 1. The topological polar surface area (TPSA) is 24.5 Å². The summed E-state index contributed by atoms with van der Waals surface area (Å²) in [6.45, 7) is 9.14. The number of nitrogens with zero attached hydrogens (tertiary/aromatic N) is 1. The van der Waals surface area contributed by atoms with Gasteiger partial charge in [0.25, 0.3) is 0 Å². The van der Waals surface area contributed by atoms with Crippen molar-refractivity contribution < 1.29 is 4.74 Å². The molecule has 0 aliphatic carbocycles. The Bertz CT molecular complexity index is 421. The first-order chi connectivity index (χ1) is 10.3. The largest absolute Gasteiger partial charge is 0.497 e. The predicted molar refractivity (Wildman–Crippen MR) is 88.8 cm³/mol. The minimum atomic E-state index is 0.705. The number of piperidine rings is 1. The van der Waals surface area contributed by atoms with Gasteiger partial charge >= 0.3 is 0 Å². The lowest BCUT2D eigenvalue weighted by molar-refractivity contribution is 0.129. The van der Waals surface area contributed by atoms with Crippen molar-refractivity contribution in [3.05, 3.63) is 29.8 Å². The molecule has 3 nitrogen and oxygen atoms in total. The molecular formula is C18H30N2O. The van der Waals surface area contributed by atoms with E-state index < -0.39 is 0 Å². The lowest BCUT2D eigenvalue weighted by atomic mass is 9.89. The fourth-order valence-corrected chi connectivity index (χ4v) is 3.29. The number of ether oxygens (including phenoxy) is 1. The number of likely N-dealkylation sites (tertiary alicyclic amines) is 1. The van der Waals surface area contributed by atoms with Gasteiger partial charge in [-0.2, -0.15) is 0 Å². The van der Waals surface area contributed by atoms with Gasteiger partial charge in [-0.25, -0.2) is 0 Å². The van der Waals surface area contributed by atoms with Gasteiger partial charge in [0.15, 0.2) is 0 Å². The second-order valence-electron chi connectivity index (χ2n) is 6.10. The van der Waals surface area contributed by atoms with Crippen LogP contribution in [0.2, 0.25) is 0 Å². The van der Waals surface area contributed by atoms with E-state index >= 15 is 0 Å². The highest BCUT2D eigenvalue weighted by Gasteiger charge is 2.27. The van der Waals surface area contributed by atoms with Gasteiger partial charge in [-0.15, -0.1) is 0 Å². The molecule has 1 heterocycles. The van der Waals surface area contributed by atoms with E-state index in [0.29, 0.717) is 6.04 Å². The third-order valence-electron chi connectivity index (χ3n) is 4.54. The molecule has 0 radical (unpaired) electrons. The Morgan fingerprint density at radius 1 is 1.33 bits per heavy atom. The minimum absolute atomic E-state index is 0.705. The van der Waals surface area contributed by atoms with Gasteiger partial charge in [0.1, 0.15) is 5.75 Å². The van der Waals surface area contributed by atoms with E-state index in [0.717, 1.165) is 24.8 Å². The molecule has 0 amide bonds. The maximum atomic E-state index is 5.32. The van der Waals surface area contributed by atoms with Crippen molar-refractivity contribution in [1.82, 2.24) is 10.2 Å². The summed E-state index contributed by atoms with van der Waals surface area (Å²) >= 11 is 0. The Morgan fingerprint density at radius 3 is 2.90 bits per heavy atom. The first-order valence-corrected chi connectivity index (χ1v) is 8.35. The fourth-order valence-electron chi connectivity index (χ4n) is 3.29. The van der Waals surface area contributed by atoms with Gasteiger partial charge in [0, 0.05) is 19.1 Å². The summed E-state index contributed by atoms with van der Waals surface area (Å²) in [6.07, 6.45) is 3.75. The van der Waals surface area contributed by atoms with Gasteiger partial charge in [0.2, 0.25) is 0 Å². The molecule has 1 aromatic rings. The molecule has 0 bridgehead atoms. The molecule has 1 fully saturated rings. The van der Waals surface area contributed by atoms with Crippen LogP contribution in [-0.4, -0.2) is 37.7 Å². The summed E-state index contributed by atoms with van der Waals surface area (Å²) in [5.41, 5.74) is 1.35. The summed E-state index contributed by atoms with van der Waals surface area (Å²) in [4.78, 5) is 2.59. The Balaban J connectivity index is 1.90. The Labute approximate surface area is 129 Å². The predicted octanol–water partition coefficient (Wildman–Crippen LogP) is 3.30. The van der Waals surface area contributed by atoms with Crippen molar-refractivity contribution in [2.45, 2.75) is 45.7 Å². The molecule has 2 rings (SSSR count). The zero-order valence-electron chi connectivity index (χ0n) is 13.8. The summed E-state index contributed by atoms with van der Waals surface area (Å²) in [5, 5.41) is 3.73. The molecule has 1 aromatic carbocycles. The van der Waals surface area contributed by atoms with Crippen molar-refractivity contribution in [3.8, 4) is 5.75 Å². The van der Waals surface area contributed by atoms with Crippen LogP contribution in [0.5, 0.6) is 5.75 Å². The highest BCUT2D eigenvalue weighted by atomic mass is 16.5. The molecule has 1 aliphatic heterocycles. The number of hydrogen-bond acceptors (Lipinski definition) is 3. The highest BCUT2D eigenvalue weighted by Crippen LogP contribution is 2.23. The van der Waals surface area contributed by atoms with E-state index in [9.17, 15) is 0 Å². The molecule has 118 valence electrons.